The van der Waals surface area contributed by atoms with Crippen LogP contribution < -0.4 is 16.8 Å². The first-order valence-electron chi connectivity index (χ1n) is 6.70. The molecule has 0 aromatic heterocycles. The number of nitrogens with two attached hydrogens (primary N) is 2. The topological polar surface area (TPSA) is 125 Å². The van der Waals surface area contributed by atoms with Gasteiger partial charge in [0.25, 0.3) is 0 Å². The van der Waals surface area contributed by atoms with Crippen LogP contribution in [0.25, 0.3) is 0 Å². The number of hydrogen-bond donors (Lipinski definition) is 3. The van der Waals surface area contributed by atoms with Crippen LogP contribution in [0.3, 0.4) is 0 Å². The molecule has 0 bridgehead atoms. The highest BCUT2D eigenvalue weighted by Gasteiger charge is 2.20. The van der Waals surface area contributed by atoms with Crippen LogP contribution in [-0.4, -0.2) is 36.5 Å². The lowest BCUT2D eigenvalue weighted by Crippen LogP contribution is -2.47. The van der Waals surface area contributed by atoms with Crippen LogP contribution in [0.4, 0.5) is 0 Å². The first-order valence-corrected chi connectivity index (χ1v) is 6.70. The molecule has 0 aliphatic carbocycles. The summed E-state index contributed by atoms with van der Waals surface area (Å²) in [5.74, 6) is -0.931. The molecule has 0 aromatic carbocycles. The third-order valence-electron chi connectivity index (χ3n) is 2.63. The van der Waals surface area contributed by atoms with Crippen LogP contribution in [0.2, 0.25) is 0 Å². The van der Waals surface area contributed by atoms with E-state index in [1.54, 1.807) is 0 Å². The summed E-state index contributed by atoms with van der Waals surface area (Å²) in [6, 6.07) is -1.08. The van der Waals surface area contributed by atoms with E-state index in [0.717, 1.165) is 0 Å². The smallest absolute Gasteiger partial charge is 0.302 e. The van der Waals surface area contributed by atoms with Gasteiger partial charge in [-0.15, -0.1) is 0 Å². The second-order valence-corrected chi connectivity index (χ2v) is 5.25. The van der Waals surface area contributed by atoms with Crippen molar-refractivity contribution >= 4 is 17.8 Å². The van der Waals surface area contributed by atoms with E-state index in [1.165, 1.54) is 6.92 Å². The molecule has 0 aliphatic rings. The molecule has 0 fully saturated rings. The van der Waals surface area contributed by atoms with E-state index in [4.69, 9.17) is 16.2 Å². The maximum atomic E-state index is 11.9. The number of ether oxygens (including phenoxy) is 1. The van der Waals surface area contributed by atoms with Gasteiger partial charge in [0, 0.05) is 13.3 Å². The Kier molecular flexibility index (Phi) is 8.54. The molecule has 2 amide bonds. The van der Waals surface area contributed by atoms with Crippen LogP contribution in [0.5, 0.6) is 0 Å². The number of rotatable bonds is 9. The van der Waals surface area contributed by atoms with Crippen molar-refractivity contribution in [1.29, 1.82) is 0 Å². The third kappa shape index (κ3) is 9.32. The van der Waals surface area contributed by atoms with Gasteiger partial charge >= 0.3 is 5.97 Å². The molecule has 7 heteroatoms. The quantitative estimate of drug-likeness (QED) is 0.501. The minimum absolute atomic E-state index is 0.0629. The van der Waals surface area contributed by atoms with E-state index in [0.29, 0.717) is 12.3 Å². The van der Waals surface area contributed by atoms with Crippen molar-refractivity contribution in [2.75, 3.05) is 6.61 Å². The number of amides is 2. The highest BCUT2D eigenvalue weighted by Crippen LogP contribution is 2.06. The zero-order chi connectivity index (χ0) is 15.7. The van der Waals surface area contributed by atoms with Crippen molar-refractivity contribution in [3.8, 4) is 0 Å². The highest BCUT2D eigenvalue weighted by molar-refractivity contribution is 5.83. The van der Waals surface area contributed by atoms with Crippen LogP contribution >= 0.6 is 0 Å². The molecule has 5 N–H and O–H groups in total. The van der Waals surface area contributed by atoms with Gasteiger partial charge < -0.3 is 21.5 Å². The number of carbonyl (C=O) groups is 3. The van der Waals surface area contributed by atoms with Crippen LogP contribution in [0.1, 0.15) is 40.0 Å². The molecule has 20 heavy (non-hydrogen) atoms. The first kappa shape index (κ1) is 18.4. The minimum Gasteiger partial charge on any atom is -0.464 e. The molecule has 0 rings (SSSR count). The van der Waals surface area contributed by atoms with E-state index in [1.807, 2.05) is 13.8 Å². The number of hydrogen-bond acceptors (Lipinski definition) is 5. The van der Waals surface area contributed by atoms with Gasteiger partial charge in [0.15, 0.2) is 0 Å². The maximum Gasteiger partial charge on any atom is 0.302 e. The lowest BCUT2D eigenvalue weighted by atomic mass is 10.0. The Hall–Kier alpha value is -1.63. The zero-order valence-corrected chi connectivity index (χ0v) is 12.3. The maximum absolute atomic E-state index is 11.9. The van der Waals surface area contributed by atoms with E-state index < -0.39 is 17.9 Å². The van der Waals surface area contributed by atoms with Gasteiger partial charge in [-0.3, -0.25) is 14.4 Å². The molecule has 2 atom stereocenters. The van der Waals surface area contributed by atoms with Crippen molar-refractivity contribution < 1.29 is 19.1 Å². The van der Waals surface area contributed by atoms with Gasteiger partial charge in [0.05, 0.1) is 12.1 Å². The predicted molar refractivity (Wildman–Crippen MR) is 74.4 cm³/mol. The second kappa shape index (κ2) is 9.30. The van der Waals surface area contributed by atoms with Crippen molar-refractivity contribution in [1.82, 2.24) is 5.32 Å². The number of esters is 1. The minimum atomic E-state index is -0.797. The van der Waals surface area contributed by atoms with Gasteiger partial charge in [-0.05, 0) is 18.8 Å². The summed E-state index contributed by atoms with van der Waals surface area (Å²) < 4.78 is 4.92. The van der Waals surface area contributed by atoms with Gasteiger partial charge in [-0.25, -0.2) is 0 Å². The summed E-state index contributed by atoms with van der Waals surface area (Å²) in [5, 5.41) is 2.73. The Labute approximate surface area is 119 Å². The molecule has 7 nitrogen and oxygen atoms in total. The fourth-order valence-corrected chi connectivity index (χ4v) is 1.69. The Morgan fingerprint density at radius 1 is 1.25 bits per heavy atom. The van der Waals surface area contributed by atoms with Crippen LogP contribution in [-0.2, 0) is 19.1 Å². The first-order chi connectivity index (χ1) is 9.22. The number of carbonyl (C=O) groups excluding carboxylic acids is 3. The standard InChI is InChI=1S/C13H25N3O4/c1-8(2)6-10(7-20-9(3)17)16-13(19)11(14)4-5-12(15)18/h8,10-11H,4-7,14H2,1-3H3,(H2,15,18)(H,16,19)/t10-,11-/m0/s1. The molecular weight excluding hydrogens is 262 g/mol. The van der Waals surface area contributed by atoms with Crippen molar-refractivity contribution in [2.24, 2.45) is 17.4 Å². The van der Waals surface area contributed by atoms with E-state index >= 15 is 0 Å². The Balaban J connectivity index is 4.35. The van der Waals surface area contributed by atoms with E-state index in [9.17, 15) is 14.4 Å². The molecule has 0 aromatic rings. The Morgan fingerprint density at radius 3 is 2.30 bits per heavy atom. The molecule has 116 valence electrons. The van der Waals surface area contributed by atoms with Gasteiger partial charge in [-0.2, -0.15) is 0 Å². The molecule has 0 aliphatic heterocycles. The molecule has 0 heterocycles. The van der Waals surface area contributed by atoms with Crippen LogP contribution in [0.15, 0.2) is 0 Å². The third-order valence-corrected chi connectivity index (χ3v) is 2.63. The largest absolute Gasteiger partial charge is 0.464 e. The summed E-state index contributed by atoms with van der Waals surface area (Å²) in [6.07, 6.45) is 0.929. The fraction of sp³-hybridized carbons (Fsp3) is 0.769. The summed E-state index contributed by atoms with van der Waals surface area (Å²) in [6.45, 7) is 5.43. The van der Waals surface area contributed by atoms with E-state index in [2.05, 4.69) is 5.32 Å². The molecule has 0 saturated carbocycles. The average molecular weight is 287 g/mol. The normalized spacial score (nSPS) is 13.7. The molecule has 0 unspecified atom stereocenters. The molecule has 0 radical (unpaired) electrons. The van der Waals surface area contributed by atoms with Crippen molar-refractivity contribution in [3.63, 3.8) is 0 Å². The fourth-order valence-electron chi connectivity index (χ4n) is 1.69. The zero-order valence-electron chi connectivity index (χ0n) is 12.3. The van der Waals surface area contributed by atoms with Gasteiger partial charge in [0.1, 0.15) is 6.61 Å². The summed E-state index contributed by atoms with van der Waals surface area (Å²) in [4.78, 5) is 33.3. The summed E-state index contributed by atoms with van der Waals surface area (Å²) in [7, 11) is 0. The lowest BCUT2D eigenvalue weighted by Gasteiger charge is -2.22. The van der Waals surface area contributed by atoms with Gasteiger partial charge in [0.2, 0.25) is 11.8 Å². The summed E-state index contributed by atoms with van der Waals surface area (Å²) in [5.41, 5.74) is 10.7. The SMILES string of the molecule is CC(=O)OC[C@H](CC(C)C)NC(=O)[C@@H](N)CCC(N)=O. The number of primary amides is 1. The average Bonchev–Trinajstić information content (AvgIpc) is 2.31. The van der Waals surface area contributed by atoms with Crippen molar-refractivity contribution in [2.45, 2.75) is 52.1 Å². The van der Waals surface area contributed by atoms with Gasteiger partial charge in [-0.1, -0.05) is 13.8 Å². The lowest BCUT2D eigenvalue weighted by molar-refractivity contribution is -0.142. The molecule has 0 spiro atoms. The molecular formula is C13H25N3O4. The number of nitrogens with one attached hydrogen (secondary N) is 1. The van der Waals surface area contributed by atoms with Crippen LogP contribution in [0, 0.1) is 5.92 Å². The van der Waals surface area contributed by atoms with E-state index in [-0.39, 0.29) is 31.4 Å². The predicted octanol–water partition coefficient (Wildman–Crippen LogP) is -0.327. The van der Waals surface area contributed by atoms with Crippen molar-refractivity contribution in [3.05, 3.63) is 0 Å². The Morgan fingerprint density at radius 2 is 1.85 bits per heavy atom. The molecule has 0 saturated heterocycles. The highest BCUT2D eigenvalue weighted by atomic mass is 16.5. The monoisotopic (exact) mass is 287 g/mol. The Bertz CT molecular complexity index is 345. The second-order valence-electron chi connectivity index (χ2n) is 5.25. The summed E-state index contributed by atoms with van der Waals surface area (Å²) >= 11 is 0.